The molecule has 32 valence electrons. The molecular weight excluding hydrogens is 76.1 g/mol. The summed E-state index contributed by atoms with van der Waals surface area (Å²) in [4.78, 5) is 0. The molecule has 1 fully saturated rings. The first-order valence-electron chi connectivity index (χ1n) is 1.97. The maximum atomic E-state index is 4.78. The first kappa shape index (κ1) is 3.70. The molecule has 0 aromatic carbocycles. The van der Waals surface area contributed by atoms with Crippen molar-refractivity contribution in [1.29, 1.82) is 0 Å². The van der Waals surface area contributed by atoms with E-state index in [-0.39, 0.29) is 6.10 Å². The summed E-state index contributed by atoms with van der Waals surface area (Å²) in [6, 6.07) is 0. The fourth-order valence-corrected chi connectivity index (χ4v) is 0.292. The smallest absolute Gasteiger partial charge is 0.141 e. The molecule has 0 radical (unpaired) electrons. The molecule has 0 bridgehead atoms. The van der Waals surface area contributed by atoms with Gasteiger partial charge in [-0.1, -0.05) is 5.92 Å². The third-order valence-electron chi connectivity index (χ3n) is 0.639. The molecule has 1 aliphatic heterocycles. The van der Waals surface area contributed by atoms with E-state index in [1.165, 1.54) is 0 Å². The second-order valence-corrected chi connectivity index (χ2v) is 1.22. The van der Waals surface area contributed by atoms with Crippen LogP contribution in [0.4, 0.5) is 0 Å². The first-order chi connectivity index (χ1) is 2.93. The van der Waals surface area contributed by atoms with Crippen molar-refractivity contribution in [2.75, 3.05) is 6.61 Å². The number of rotatable bonds is 0. The lowest BCUT2D eigenvalue weighted by Gasteiger charge is -1.59. The molecule has 1 atom stereocenters. The van der Waals surface area contributed by atoms with Gasteiger partial charge in [-0.05, 0) is 6.92 Å². The summed E-state index contributed by atoms with van der Waals surface area (Å²) in [6.45, 7) is 2.67. The average molecular weight is 82.1 g/mol. The van der Waals surface area contributed by atoms with E-state index in [9.17, 15) is 0 Å². The van der Waals surface area contributed by atoms with Gasteiger partial charge in [-0.15, -0.1) is 5.92 Å². The highest BCUT2D eigenvalue weighted by Crippen LogP contribution is 2.04. The Morgan fingerprint density at radius 2 is 2.50 bits per heavy atom. The van der Waals surface area contributed by atoms with Crippen LogP contribution in [0.3, 0.4) is 0 Å². The summed E-state index contributed by atoms with van der Waals surface area (Å²) in [5.74, 6) is 5.60. The van der Waals surface area contributed by atoms with Gasteiger partial charge in [0, 0.05) is 0 Å². The summed E-state index contributed by atoms with van der Waals surface area (Å²) in [7, 11) is 0. The van der Waals surface area contributed by atoms with Gasteiger partial charge in [0.1, 0.15) is 6.10 Å². The normalized spacial score (nSPS) is 27.8. The average Bonchev–Trinajstić information content (AvgIpc) is 2.21. The van der Waals surface area contributed by atoms with E-state index >= 15 is 0 Å². The van der Waals surface area contributed by atoms with Crippen molar-refractivity contribution in [2.45, 2.75) is 13.0 Å². The predicted molar refractivity (Wildman–Crippen MR) is 23.2 cm³/mol. The Kier molecular flexibility index (Phi) is 0.813. The highest BCUT2D eigenvalue weighted by molar-refractivity contribution is 5.07. The van der Waals surface area contributed by atoms with Gasteiger partial charge >= 0.3 is 0 Å². The summed E-state index contributed by atoms with van der Waals surface area (Å²) in [5.41, 5.74) is 0. The zero-order valence-electron chi connectivity index (χ0n) is 3.69. The summed E-state index contributed by atoms with van der Waals surface area (Å²) in [6.07, 6.45) is 0.287. The van der Waals surface area contributed by atoms with Crippen molar-refractivity contribution >= 4 is 0 Å². The standard InChI is InChI=1S/C5H6O/c1-2-3-5-4-6-5/h5H,4H2,1H3/t5-/m1/s1. The molecule has 0 amide bonds. The van der Waals surface area contributed by atoms with Crippen molar-refractivity contribution in [3.63, 3.8) is 0 Å². The topological polar surface area (TPSA) is 12.5 Å². The third-order valence-corrected chi connectivity index (χ3v) is 0.639. The minimum atomic E-state index is 0.287. The van der Waals surface area contributed by atoms with Crippen LogP contribution < -0.4 is 0 Å². The lowest BCUT2D eigenvalue weighted by molar-refractivity contribution is 0.445. The predicted octanol–water partition coefficient (Wildman–Crippen LogP) is 0.408. The molecule has 1 heterocycles. The van der Waals surface area contributed by atoms with E-state index in [1.54, 1.807) is 0 Å². The van der Waals surface area contributed by atoms with Crippen LogP contribution in [0.15, 0.2) is 0 Å². The Balaban J connectivity index is 2.27. The number of hydrogen-bond acceptors (Lipinski definition) is 1. The van der Waals surface area contributed by atoms with Gasteiger partial charge in [-0.25, -0.2) is 0 Å². The molecule has 0 spiro atoms. The van der Waals surface area contributed by atoms with Crippen molar-refractivity contribution in [3.05, 3.63) is 0 Å². The lowest BCUT2D eigenvalue weighted by atomic mass is 10.5. The lowest BCUT2D eigenvalue weighted by Crippen LogP contribution is -1.70. The zero-order valence-corrected chi connectivity index (χ0v) is 3.69. The first-order valence-corrected chi connectivity index (χ1v) is 1.97. The van der Waals surface area contributed by atoms with Crippen LogP contribution in [0.25, 0.3) is 0 Å². The van der Waals surface area contributed by atoms with E-state index in [0.29, 0.717) is 0 Å². The van der Waals surface area contributed by atoms with Crippen LogP contribution in [0.2, 0.25) is 0 Å². The highest BCUT2D eigenvalue weighted by atomic mass is 16.6. The summed E-state index contributed by atoms with van der Waals surface area (Å²) in [5, 5.41) is 0. The van der Waals surface area contributed by atoms with E-state index < -0.39 is 0 Å². The van der Waals surface area contributed by atoms with Crippen LogP contribution in [-0.4, -0.2) is 12.7 Å². The van der Waals surface area contributed by atoms with Gasteiger partial charge in [-0.3, -0.25) is 0 Å². The molecule has 1 nitrogen and oxygen atoms in total. The van der Waals surface area contributed by atoms with Gasteiger partial charge in [0.05, 0.1) is 6.61 Å². The molecule has 0 N–H and O–H groups in total. The Labute approximate surface area is 37.3 Å². The van der Waals surface area contributed by atoms with Crippen molar-refractivity contribution < 1.29 is 4.74 Å². The second-order valence-electron chi connectivity index (χ2n) is 1.22. The van der Waals surface area contributed by atoms with Crippen LogP contribution >= 0.6 is 0 Å². The molecule has 1 rings (SSSR count). The Morgan fingerprint density at radius 3 is 2.67 bits per heavy atom. The minimum Gasteiger partial charge on any atom is -0.359 e. The number of ether oxygens (including phenoxy) is 1. The van der Waals surface area contributed by atoms with E-state index in [2.05, 4.69) is 11.8 Å². The fraction of sp³-hybridized carbons (Fsp3) is 0.600. The van der Waals surface area contributed by atoms with Crippen LogP contribution in [0.1, 0.15) is 6.92 Å². The SMILES string of the molecule is CC#C[C@@H]1CO1. The quantitative estimate of drug-likeness (QED) is 0.304. The van der Waals surface area contributed by atoms with Gasteiger partial charge in [0.2, 0.25) is 0 Å². The van der Waals surface area contributed by atoms with E-state index in [4.69, 9.17) is 4.74 Å². The van der Waals surface area contributed by atoms with Gasteiger partial charge < -0.3 is 4.74 Å². The monoisotopic (exact) mass is 82.0 g/mol. The maximum absolute atomic E-state index is 4.78. The second kappa shape index (κ2) is 1.32. The van der Waals surface area contributed by atoms with Crippen LogP contribution in [-0.2, 0) is 4.74 Å². The van der Waals surface area contributed by atoms with Gasteiger partial charge in [0.25, 0.3) is 0 Å². The Hall–Kier alpha value is -0.480. The van der Waals surface area contributed by atoms with Gasteiger partial charge in [-0.2, -0.15) is 0 Å². The summed E-state index contributed by atoms with van der Waals surface area (Å²) < 4.78 is 4.78. The molecule has 0 aromatic heterocycles. The van der Waals surface area contributed by atoms with Gasteiger partial charge in [0.15, 0.2) is 0 Å². The van der Waals surface area contributed by atoms with Crippen LogP contribution in [0, 0.1) is 11.8 Å². The Morgan fingerprint density at radius 1 is 1.83 bits per heavy atom. The number of epoxide rings is 1. The van der Waals surface area contributed by atoms with Crippen molar-refractivity contribution in [3.8, 4) is 11.8 Å². The van der Waals surface area contributed by atoms with E-state index in [1.807, 2.05) is 6.92 Å². The molecule has 0 aromatic rings. The molecule has 1 aliphatic rings. The Bertz CT molecular complexity index is 92.2. The van der Waals surface area contributed by atoms with Crippen molar-refractivity contribution in [1.82, 2.24) is 0 Å². The molecular formula is C5H6O. The largest absolute Gasteiger partial charge is 0.359 e. The number of hydrogen-bond donors (Lipinski definition) is 0. The molecule has 0 saturated carbocycles. The zero-order chi connectivity index (χ0) is 4.41. The van der Waals surface area contributed by atoms with E-state index in [0.717, 1.165) is 6.61 Å². The molecule has 6 heavy (non-hydrogen) atoms. The maximum Gasteiger partial charge on any atom is 0.141 e. The van der Waals surface area contributed by atoms with Crippen molar-refractivity contribution in [2.24, 2.45) is 0 Å². The highest BCUT2D eigenvalue weighted by Gasteiger charge is 2.17. The molecule has 0 aliphatic carbocycles. The van der Waals surface area contributed by atoms with Crippen LogP contribution in [0.5, 0.6) is 0 Å². The molecule has 0 unspecified atom stereocenters. The molecule has 1 heteroatoms. The minimum absolute atomic E-state index is 0.287. The summed E-state index contributed by atoms with van der Waals surface area (Å²) >= 11 is 0. The third kappa shape index (κ3) is 0.734. The fourth-order valence-electron chi connectivity index (χ4n) is 0.292. The molecule has 1 saturated heterocycles.